The SMILES string of the molecule is CCOC(C(=C=[N-])C#N)=C(C#N)C#N. The lowest BCUT2D eigenvalue weighted by atomic mass is 10.1. The number of hydrogen-bond acceptors (Lipinski definition) is 4. The van der Waals surface area contributed by atoms with E-state index in [1.807, 2.05) is 0 Å². The van der Waals surface area contributed by atoms with Gasteiger partial charge in [-0.25, -0.2) is 5.87 Å². The van der Waals surface area contributed by atoms with E-state index < -0.39 is 0 Å². The minimum Gasteiger partial charge on any atom is -0.762 e. The van der Waals surface area contributed by atoms with Crippen LogP contribution in [0.5, 0.6) is 0 Å². The summed E-state index contributed by atoms with van der Waals surface area (Å²) in [7, 11) is 0. The van der Waals surface area contributed by atoms with Gasteiger partial charge in [0.1, 0.15) is 23.8 Å². The fourth-order valence-electron chi connectivity index (χ4n) is 0.667. The topological polar surface area (TPSA) is 103 Å². The van der Waals surface area contributed by atoms with Crippen LogP contribution >= 0.6 is 0 Å². The molecule has 0 aromatic carbocycles. The van der Waals surface area contributed by atoms with Crippen molar-refractivity contribution in [2.45, 2.75) is 6.92 Å². The first-order valence-electron chi connectivity index (χ1n) is 3.59. The highest BCUT2D eigenvalue weighted by molar-refractivity contribution is 5.73. The lowest BCUT2D eigenvalue weighted by Gasteiger charge is -2.05. The molecule has 0 aliphatic rings. The van der Waals surface area contributed by atoms with Gasteiger partial charge in [-0.2, -0.15) is 15.8 Å². The molecule has 68 valence electrons. The van der Waals surface area contributed by atoms with Gasteiger partial charge in [0.05, 0.1) is 6.61 Å². The van der Waals surface area contributed by atoms with Crippen LogP contribution in [-0.4, -0.2) is 12.5 Å². The lowest BCUT2D eigenvalue weighted by molar-refractivity contribution is 0.239. The third-order valence-corrected chi connectivity index (χ3v) is 1.19. The van der Waals surface area contributed by atoms with Crippen LogP contribution in [0.4, 0.5) is 0 Å². The molecule has 0 aromatic rings. The predicted octanol–water partition coefficient (Wildman–Crippen LogP) is 1.01. The molecule has 0 amide bonds. The van der Waals surface area contributed by atoms with E-state index in [0.717, 1.165) is 0 Å². The molecule has 0 bridgehead atoms. The molecule has 0 N–H and O–H groups in total. The second-order valence-electron chi connectivity index (χ2n) is 1.96. The zero-order valence-electron chi connectivity index (χ0n) is 7.40. The first-order chi connectivity index (χ1) is 6.74. The van der Waals surface area contributed by atoms with Crippen molar-refractivity contribution < 1.29 is 4.74 Å². The minimum atomic E-state index is -0.370. The highest BCUT2D eigenvalue weighted by atomic mass is 16.5. The van der Waals surface area contributed by atoms with Crippen molar-refractivity contribution in [1.82, 2.24) is 0 Å². The average molecular weight is 185 g/mol. The quantitative estimate of drug-likeness (QED) is 0.283. The first-order valence-corrected chi connectivity index (χ1v) is 3.59. The molecule has 0 aliphatic heterocycles. The van der Waals surface area contributed by atoms with Gasteiger partial charge in [0.25, 0.3) is 0 Å². The molecule has 5 heteroatoms. The van der Waals surface area contributed by atoms with Crippen LogP contribution in [0.3, 0.4) is 0 Å². The van der Waals surface area contributed by atoms with Crippen molar-refractivity contribution >= 4 is 5.87 Å². The third kappa shape index (κ3) is 2.50. The van der Waals surface area contributed by atoms with Crippen LogP contribution in [0.25, 0.3) is 5.41 Å². The second-order valence-corrected chi connectivity index (χ2v) is 1.96. The summed E-state index contributed by atoms with van der Waals surface area (Å²) in [6, 6.07) is 4.67. The Morgan fingerprint density at radius 2 is 1.79 bits per heavy atom. The Bertz CT molecular complexity index is 405. The van der Waals surface area contributed by atoms with Gasteiger partial charge < -0.3 is 10.1 Å². The van der Waals surface area contributed by atoms with Crippen LogP contribution in [0.2, 0.25) is 0 Å². The van der Waals surface area contributed by atoms with Gasteiger partial charge in [-0.05, 0) is 6.92 Å². The summed E-state index contributed by atoms with van der Waals surface area (Å²) in [5, 5.41) is 34.1. The normalized spacial score (nSPS) is 7.00. The van der Waals surface area contributed by atoms with Gasteiger partial charge in [-0.1, -0.05) is 0 Å². The van der Waals surface area contributed by atoms with Gasteiger partial charge in [-0.3, -0.25) is 0 Å². The Hall–Kier alpha value is -2.54. The van der Waals surface area contributed by atoms with Gasteiger partial charge in [0.15, 0.2) is 11.3 Å². The molecule has 0 fully saturated rings. The molecule has 0 unspecified atom stereocenters. The summed E-state index contributed by atoms with van der Waals surface area (Å²) in [5.74, 6) is 1.31. The maximum absolute atomic E-state index is 8.52. The van der Waals surface area contributed by atoms with Crippen LogP contribution in [-0.2, 0) is 4.74 Å². The van der Waals surface area contributed by atoms with Crippen LogP contribution < -0.4 is 0 Å². The van der Waals surface area contributed by atoms with E-state index in [-0.39, 0.29) is 23.5 Å². The Kier molecular flexibility index (Phi) is 4.94. The second kappa shape index (κ2) is 6.03. The molecule has 5 nitrogen and oxygen atoms in total. The van der Waals surface area contributed by atoms with Crippen LogP contribution in [0, 0.1) is 34.0 Å². The Morgan fingerprint density at radius 3 is 2.07 bits per heavy atom. The minimum absolute atomic E-state index is 0.176. The summed E-state index contributed by atoms with van der Waals surface area (Å²) in [4.78, 5) is 0. The first kappa shape index (κ1) is 11.5. The third-order valence-electron chi connectivity index (χ3n) is 1.19. The standard InChI is InChI=1S/C9H5N4O/c1-2-14-9(7(3-10)4-11)8(5-12)6-13/h2H2,1H3/q-1. The monoisotopic (exact) mass is 185 g/mol. The van der Waals surface area contributed by atoms with Gasteiger partial charge >= 0.3 is 0 Å². The molecule has 0 aliphatic carbocycles. The van der Waals surface area contributed by atoms with E-state index in [1.165, 1.54) is 0 Å². The largest absolute Gasteiger partial charge is 0.762 e. The Balaban J connectivity index is 5.52. The number of hydrogen-bond donors (Lipinski definition) is 0. The van der Waals surface area contributed by atoms with E-state index >= 15 is 0 Å². The number of allylic oxidation sites excluding steroid dienone is 2. The maximum Gasteiger partial charge on any atom is 0.173 e. The molecule has 0 saturated heterocycles. The predicted molar refractivity (Wildman–Crippen MR) is 47.4 cm³/mol. The maximum atomic E-state index is 8.52. The van der Waals surface area contributed by atoms with Crippen molar-refractivity contribution in [3.8, 4) is 18.2 Å². The van der Waals surface area contributed by atoms with E-state index in [0.29, 0.717) is 0 Å². The van der Waals surface area contributed by atoms with Crippen molar-refractivity contribution in [3.63, 3.8) is 0 Å². The molecule has 0 radical (unpaired) electrons. The summed E-state index contributed by atoms with van der Waals surface area (Å²) >= 11 is 0. The number of nitrogens with zero attached hydrogens (tertiary/aromatic N) is 4. The molecule has 0 atom stereocenters. The summed E-state index contributed by atoms with van der Waals surface area (Å²) in [6.07, 6.45) is 0. The van der Waals surface area contributed by atoms with Crippen molar-refractivity contribution in [1.29, 1.82) is 15.8 Å². The molecular formula is C9H5N4O-. The van der Waals surface area contributed by atoms with Crippen molar-refractivity contribution in [2.75, 3.05) is 6.61 Å². The van der Waals surface area contributed by atoms with Gasteiger partial charge in [0.2, 0.25) is 0 Å². The molecular weight excluding hydrogens is 180 g/mol. The van der Waals surface area contributed by atoms with E-state index in [1.54, 1.807) is 31.0 Å². The zero-order chi connectivity index (χ0) is 11.0. The van der Waals surface area contributed by atoms with Gasteiger partial charge in [-0.15, -0.1) is 0 Å². The smallest absolute Gasteiger partial charge is 0.173 e. The Labute approximate surface area is 81.3 Å². The summed E-state index contributed by atoms with van der Waals surface area (Å²) in [6.45, 7) is 1.80. The fraction of sp³-hybridized carbons (Fsp3) is 0.222. The molecule has 0 aromatic heterocycles. The number of rotatable bonds is 3. The number of nitriles is 3. The average Bonchev–Trinajstić information content (AvgIpc) is 2.21. The lowest BCUT2D eigenvalue weighted by Crippen LogP contribution is -1.98. The summed E-state index contributed by atoms with van der Waals surface area (Å²) in [5.41, 5.74) is -0.741. The molecule has 0 spiro atoms. The number of ether oxygens (including phenoxy) is 1. The molecule has 0 heterocycles. The molecule has 0 rings (SSSR count). The fourth-order valence-corrected chi connectivity index (χ4v) is 0.667. The van der Waals surface area contributed by atoms with Crippen LogP contribution in [0.15, 0.2) is 16.9 Å². The highest BCUT2D eigenvalue weighted by Crippen LogP contribution is 2.12. The summed E-state index contributed by atoms with van der Waals surface area (Å²) < 4.78 is 4.88. The van der Waals surface area contributed by atoms with Gasteiger partial charge in [0, 0.05) is 0 Å². The molecule has 0 saturated carbocycles. The van der Waals surface area contributed by atoms with E-state index in [2.05, 4.69) is 0 Å². The van der Waals surface area contributed by atoms with E-state index in [9.17, 15) is 0 Å². The Morgan fingerprint density at radius 1 is 1.21 bits per heavy atom. The zero-order valence-corrected chi connectivity index (χ0v) is 7.40. The van der Waals surface area contributed by atoms with E-state index in [4.69, 9.17) is 25.9 Å². The molecule has 14 heavy (non-hydrogen) atoms. The van der Waals surface area contributed by atoms with Crippen molar-refractivity contribution in [3.05, 3.63) is 22.3 Å². The van der Waals surface area contributed by atoms with Crippen molar-refractivity contribution in [2.24, 2.45) is 0 Å². The highest BCUT2D eigenvalue weighted by Gasteiger charge is 2.11. The van der Waals surface area contributed by atoms with Crippen LogP contribution in [0.1, 0.15) is 6.92 Å².